The van der Waals surface area contributed by atoms with Crippen LogP contribution in [-0.4, -0.2) is 21.6 Å². The van der Waals surface area contributed by atoms with Crippen molar-refractivity contribution in [3.05, 3.63) is 35.1 Å². The Balaban J connectivity index is 1.79. The predicted molar refractivity (Wildman–Crippen MR) is 79.2 cm³/mol. The molecule has 106 valence electrons. The number of rotatable bonds is 2. The molecule has 0 bridgehead atoms. The normalized spacial score (nSPS) is 17.1. The van der Waals surface area contributed by atoms with Gasteiger partial charge in [-0.25, -0.2) is 4.52 Å². The Bertz CT molecular complexity index is 615. The van der Waals surface area contributed by atoms with Crippen molar-refractivity contribution in [3.8, 4) is 0 Å². The Morgan fingerprint density at radius 1 is 1.25 bits per heavy atom. The van der Waals surface area contributed by atoms with Crippen molar-refractivity contribution in [2.45, 2.75) is 44.6 Å². The number of carbonyl (C=O) groups excluding carboxylic acids is 1. The van der Waals surface area contributed by atoms with Gasteiger partial charge in [-0.15, -0.1) is 0 Å². The number of amides is 1. The van der Waals surface area contributed by atoms with Crippen LogP contribution in [0.3, 0.4) is 0 Å². The number of aromatic nitrogens is 2. The number of halogens is 1. The first kappa shape index (κ1) is 13.4. The summed E-state index contributed by atoms with van der Waals surface area (Å²) in [5, 5.41) is 7.78. The number of carbonyl (C=O) groups is 1. The van der Waals surface area contributed by atoms with Crippen molar-refractivity contribution in [2.24, 2.45) is 0 Å². The van der Waals surface area contributed by atoms with Crippen molar-refractivity contribution >= 4 is 23.0 Å². The van der Waals surface area contributed by atoms with Gasteiger partial charge in [-0.1, -0.05) is 43.4 Å². The van der Waals surface area contributed by atoms with Gasteiger partial charge in [0, 0.05) is 12.2 Å². The third-order valence-corrected chi connectivity index (χ3v) is 4.26. The van der Waals surface area contributed by atoms with Crippen LogP contribution in [0.15, 0.2) is 24.4 Å². The zero-order chi connectivity index (χ0) is 13.9. The number of hydrogen-bond acceptors (Lipinski definition) is 2. The Labute approximate surface area is 123 Å². The van der Waals surface area contributed by atoms with Crippen LogP contribution in [-0.2, 0) is 0 Å². The van der Waals surface area contributed by atoms with Crippen LogP contribution in [0, 0.1) is 0 Å². The Kier molecular flexibility index (Phi) is 3.92. The molecular formula is C15H18ClN3O. The van der Waals surface area contributed by atoms with E-state index in [1.54, 1.807) is 10.7 Å². The fourth-order valence-electron chi connectivity index (χ4n) is 2.79. The summed E-state index contributed by atoms with van der Waals surface area (Å²) in [5.41, 5.74) is 1.09. The predicted octanol–water partition coefficient (Wildman–Crippen LogP) is 3.44. The molecule has 2 aromatic heterocycles. The third kappa shape index (κ3) is 2.66. The lowest BCUT2D eigenvalue weighted by atomic mass is 10.1. The Hall–Kier alpha value is -1.55. The second kappa shape index (κ2) is 5.83. The van der Waals surface area contributed by atoms with Gasteiger partial charge in [-0.05, 0) is 25.0 Å². The van der Waals surface area contributed by atoms with Gasteiger partial charge in [-0.3, -0.25) is 4.79 Å². The molecule has 0 aliphatic heterocycles. The number of pyridine rings is 1. The van der Waals surface area contributed by atoms with E-state index in [0.717, 1.165) is 18.4 Å². The first-order valence-electron chi connectivity index (χ1n) is 7.19. The molecule has 0 unspecified atom stereocenters. The van der Waals surface area contributed by atoms with E-state index in [-0.39, 0.29) is 11.9 Å². The van der Waals surface area contributed by atoms with Gasteiger partial charge in [0.15, 0.2) is 5.69 Å². The fourth-order valence-corrected chi connectivity index (χ4v) is 3.06. The van der Waals surface area contributed by atoms with Crippen LogP contribution in [0.25, 0.3) is 5.52 Å². The topological polar surface area (TPSA) is 46.4 Å². The van der Waals surface area contributed by atoms with Gasteiger partial charge in [0.25, 0.3) is 5.91 Å². The zero-order valence-corrected chi connectivity index (χ0v) is 12.1. The molecular weight excluding hydrogens is 274 g/mol. The quantitative estimate of drug-likeness (QED) is 0.862. The van der Waals surface area contributed by atoms with E-state index >= 15 is 0 Å². The second-order valence-electron chi connectivity index (χ2n) is 5.35. The third-order valence-electron chi connectivity index (χ3n) is 3.89. The molecule has 0 atom stereocenters. The first-order chi connectivity index (χ1) is 9.75. The maximum absolute atomic E-state index is 12.3. The van der Waals surface area contributed by atoms with E-state index in [9.17, 15) is 4.79 Å². The molecule has 1 aliphatic rings. The van der Waals surface area contributed by atoms with Crippen molar-refractivity contribution < 1.29 is 4.79 Å². The number of nitrogens with zero attached hydrogens (tertiary/aromatic N) is 2. The highest BCUT2D eigenvalue weighted by molar-refractivity contribution is 6.36. The second-order valence-corrected chi connectivity index (χ2v) is 5.73. The van der Waals surface area contributed by atoms with E-state index in [0.29, 0.717) is 10.7 Å². The zero-order valence-electron chi connectivity index (χ0n) is 11.3. The summed E-state index contributed by atoms with van der Waals surface area (Å²) in [4.78, 5) is 12.3. The molecule has 0 spiro atoms. The van der Waals surface area contributed by atoms with E-state index in [1.807, 2.05) is 18.2 Å². The largest absolute Gasteiger partial charge is 0.348 e. The highest BCUT2D eigenvalue weighted by Gasteiger charge is 2.21. The van der Waals surface area contributed by atoms with Crippen LogP contribution < -0.4 is 5.32 Å². The average Bonchev–Trinajstić information content (AvgIpc) is 2.64. The highest BCUT2D eigenvalue weighted by Crippen LogP contribution is 2.22. The highest BCUT2D eigenvalue weighted by atomic mass is 35.5. The van der Waals surface area contributed by atoms with Crippen LogP contribution >= 0.6 is 11.6 Å². The molecule has 1 saturated carbocycles. The lowest BCUT2D eigenvalue weighted by Crippen LogP contribution is -2.34. The lowest BCUT2D eigenvalue weighted by molar-refractivity contribution is 0.0928. The number of hydrogen-bond donors (Lipinski definition) is 1. The van der Waals surface area contributed by atoms with Gasteiger partial charge >= 0.3 is 0 Å². The average molecular weight is 292 g/mol. The Morgan fingerprint density at radius 3 is 2.70 bits per heavy atom. The van der Waals surface area contributed by atoms with Gasteiger partial charge in [0.05, 0.1) is 10.5 Å². The molecule has 2 aromatic rings. The summed E-state index contributed by atoms with van der Waals surface area (Å²) >= 11 is 6.26. The molecule has 1 fully saturated rings. The summed E-state index contributed by atoms with van der Waals surface area (Å²) in [7, 11) is 0. The summed E-state index contributed by atoms with van der Waals surface area (Å²) < 4.78 is 1.64. The molecule has 0 radical (unpaired) electrons. The summed E-state index contributed by atoms with van der Waals surface area (Å²) in [6.45, 7) is 0. The summed E-state index contributed by atoms with van der Waals surface area (Å²) in [6, 6.07) is 5.86. The molecule has 5 heteroatoms. The number of nitrogens with one attached hydrogen (secondary N) is 1. The van der Waals surface area contributed by atoms with Crippen LogP contribution in [0.4, 0.5) is 0 Å². The van der Waals surface area contributed by atoms with E-state index in [2.05, 4.69) is 10.4 Å². The molecule has 1 amide bonds. The molecule has 4 nitrogen and oxygen atoms in total. The molecule has 0 aromatic carbocycles. The van der Waals surface area contributed by atoms with Crippen LogP contribution in [0.2, 0.25) is 5.02 Å². The van der Waals surface area contributed by atoms with E-state index in [4.69, 9.17) is 11.6 Å². The molecule has 20 heavy (non-hydrogen) atoms. The van der Waals surface area contributed by atoms with Gasteiger partial charge in [0.1, 0.15) is 0 Å². The van der Waals surface area contributed by atoms with Gasteiger partial charge < -0.3 is 5.32 Å². The fraction of sp³-hybridized carbons (Fsp3) is 0.467. The lowest BCUT2D eigenvalue weighted by Gasteiger charge is -2.15. The Morgan fingerprint density at radius 2 is 2.00 bits per heavy atom. The minimum absolute atomic E-state index is 0.161. The minimum atomic E-state index is -0.161. The van der Waals surface area contributed by atoms with Crippen molar-refractivity contribution in [1.29, 1.82) is 0 Å². The van der Waals surface area contributed by atoms with Gasteiger partial charge in [0.2, 0.25) is 0 Å². The minimum Gasteiger partial charge on any atom is -0.348 e. The maximum Gasteiger partial charge on any atom is 0.273 e. The van der Waals surface area contributed by atoms with Crippen molar-refractivity contribution in [1.82, 2.24) is 14.9 Å². The molecule has 1 aliphatic carbocycles. The molecule has 1 N–H and O–H groups in total. The van der Waals surface area contributed by atoms with E-state index in [1.165, 1.54) is 25.7 Å². The smallest absolute Gasteiger partial charge is 0.273 e. The number of fused-ring (bicyclic) bond motifs is 1. The summed E-state index contributed by atoms with van der Waals surface area (Å²) in [6.07, 6.45) is 8.80. The van der Waals surface area contributed by atoms with Crippen LogP contribution in [0.1, 0.15) is 49.0 Å². The molecule has 3 rings (SSSR count). The first-order valence-corrected chi connectivity index (χ1v) is 7.57. The van der Waals surface area contributed by atoms with Crippen molar-refractivity contribution in [3.63, 3.8) is 0 Å². The molecule has 2 heterocycles. The summed E-state index contributed by atoms with van der Waals surface area (Å²) in [5.74, 6) is -0.161. The van der Waals surface area contributed by atoms with Gasteiger partial charge in [-0.2, -0.15) is 5.10 Å². The monoisotopic (exact) mass is 291 g/mol. The van der Waals surface area contributed by atoms with Crippen LogP contribution in [0.5, 0.6) is 0 Å². The SMILES string of the molecule is O=C(NC1CCCCCC1)c1nn2ccccc2c1Cl. The standard InChI is InChI=1S/C15H18ClN3O/c16-13-12-9-5-6-10-19(12)18-14(13)15(20)17-11-7-3-1-2-4-8-11/h5-6,9-11H,1-4,7-8H2,(H,17,20). The van der Waals surface area contributed by atoms with E-state index < -0.39 is 0 Å². The van der Waals surface area contributed by atoms with Crippen molar-refractivity contribution in [2.75, 3.05) is 0 Å². The maximum atomic E-state index is 12.3. The molecule has 0 saturated heterocycles.